The molecule has 0 radical (unpaired) electrons. The molecule has 6 nitrogen and oxygen atoms in total. The topological polar surface area (TPSA) is 58.6 Å². The lowest BCUT2D eigenvalue weighted by Gasteiger charge is -2.39. The van der Waals surface area contributed by atoms with E-state index >= 15 is 0 Å². The number of aromatic nitrogens is 2. The number of rotatable bonds is 3. The third-order valence-corrected chi connectivity index (χ3v) is 6.56. The van der Waals surface area contributed by atoms with Crippen molar-refractivity contribution in [2.75, 3.05) is 24.5 Å². The van der Waals surface area contributed by atoms with Crippen LogP contribution < -0.4 is 4.90 Å². The van der Waals surface area contributed by atoms with Gasteiger partial charge in [0.05, 0.1) is 24.4 Å². The Labute approximate surface area is 178 Å². The van der Waals surface area contributed by atoms with Crippen LogP contribution in [0, 0.1) is 5.92 Å². The number of fused-ring (bicyclic) bond motifs is 1. The molecule has 2 atom stereocenters. The monoisotopic (exact) mass is 406 g/mol. The molecular weight excluding hydrogens is 376 g/mol. The minimum atomic E-state index is 0.149. The molecule has 0 N–H and O–H groups in total. The number of hydrogen-bond donors (Lipinski definition) is 0. The van der Waals surface area contributed by atoms with Gasteiger partial charge in [0, 0.05) is 43.1 Å². The summed E-state index contributed by atoms with van der Waals surface area (Å²) in [5.74, 6) is 2.29. The molecule has 6 heteroatoms. The molecule has 0 bridgehead atoms. The molecule has 3 aliphatic rings. The van der Waals surface area contributed by atoms with E-state index in [2.05, 4.69) is 30.9 Å². The maximum atomic E-state index is 12.9. The lowest BCUT2D eigenvalue weighted by atomic mass is 9.84. The normalized spacial score (nSPS) is 24.3. The van der Waals surface area contributed by atoms with Gasteiger partial charge >= 0.3 is 0 Å². The van der Waals surface area contributed by atoms with Gasteiger partial charge in [-0.1, -0.05) is 36.8 Å². The van der Waals surface area contributed by atoms with Crippen LogP contribution in [0.5, 0.6) is 0 Å². The molecule has 1 saturated heterocycles. The van der Waals surface area contributed by atoms with E-state index in [0.29, 0.717) is 12.5 Å². The Bertz CT molecular complexity index is 918. The number of anilines is 1. The minimum absolute atomic E-state index is 0.149. The zero-order chi connectivity index (χ0) is 20.7. The number of nitrogens with zero attached hydrogens (tertiary/aromatic N) is 4. The molecule has 1 aromatic heterocycles. The molecular formula is C24H30N4O2. The molecule has 0 spiro atoms. The first-order valence-electron chi connectivity index (χ1n) is 11.2. The van der Waals surface area contributed by atoms with E-state index in [-0.39, 0.29) is 18.1 Å². The molecule has 158 valence electrons. The Kier molecular flexibility index (Phi) is 5.19. The predicted octanol–water partition coefficient (Wildman–Crippen LogP) is 3.44. The molecule has 30 heavy (non-hydrogen) atoms. The highest BCUT2D eigenvalue weighted by Gasteiger charge is 2.34. The average molecular weight is 407 g/mol. The van der Waals surface area contributed by atoms with Crippen molar-refractivity contribution in [3.63, 3.8) is 0 Å². The molecule has 1 aliphatic carbocycles. The van der Waals surface area contributed by atoms with Crippen LogP contribution in [0.2, 0.25) is 0 Å². The molecule has 3 heterocycles. The van der Waals surface area contributed by atoms with Gasteiger partial charge in [-0.25, -0.2) is 9.97 Å². The first kappa shape index (κ1) is 19.5. The summed E-state index contributed by atoms with van der Waals surface area (Å²) >= 11 is 0. The summed E-state index contributed by atoms with van der Waals surface area (Å²) in [7, 11) is 0. The van der Waals surface area contributed by atoms with E-state index in [9.17, 15) is 4.79 Å². The lowest BCUT2D eigenvalue weighted by Crippen LogP contribution is -2.47. The van der Waals surface area contributed by atoms with Crippen molar-refractivity contribution in [2.24, 2.45) is 5.92 Å². The second-order valence-corrected chi connectivity index (χ2v) is 8.96. The van der Waals surface area contributed by atoms with Gasteiger partial charge in [-0.2, -0.15) is 0 Å². The Morgan fingerprint density at radius 2 is 1.80 bits per heavy atom. The van der Waals surface area contributed by atoms with Gasteiger partial charge in [-0.15, -0.1) is 0 Å². The van der Waals surface area contributed by atoms with Crippen LogP contribution in [-0.2, 0) is 22.5 Å². The maximum absolute atomic E-state index is 12.9. The van der Waals surface area contributed by atoms with Crippen molar-refractivity contribution in [3.05, 3.63) is 41.6 Å². The summed E-state index contributed by atoms with van der Waals surface area (Å²) in [5, 5.41) is 0. The molecule has 1 saturated carbocycles. The SMILES string of the molecule is C[C@H]1CN(c2nc(-c3ccccc3)nc3c2CN(C(=O)C2CCC2)CC3)C[C@H](C)O1. The Morgan fingerprint density at radius 3 is 2.47 bits per heavy atom. The van der Waals surface area contributed by atoms with Crippen molar-refractivity contribution in [3.8, 4) is 11.4 Å². The average Bonchev–Trinajstić information content (AvgIpc) is 2.71. The van der Waals surface area contributed by atoms with Crippen LogP contribution in [0.4, 0.5) is 5.82 Å². The number of amides is 1. The molecule has 2 fully saturated rings. The Hall–Kier alpha value is -2.47. The van der Waals surface area contributed by atoms with Gasteiger partial charge < -0.3 is 14.5 Å². The molecule has 1 aromatic carbocycles. The standard InChI is InChI=1S/C24H30N4O2/c1-16-13-28(14-17(2)30-16)23-20-15-27(24(29)19-9-6-10-19)12-11-21(20)25-22(26-23)18-7-4-3-5-8-18/h3-5,7-8,16-17,19H,6,9-15H2,1-2H3/t16-,17-/m0/s1. The smallest absolute Gasteiger partial charge is 0.225 e. The van der Waals surface area contributed by atoms with Gasteiger partial charge in [0.2, 0.25) is 5.91 Å². The van der Waals surface area contributed by atoms with Crippen molar-refractivity contribution in [1.29, 1.82) is 0 Å². The van der Waals surface area contributed by atoms with Gasteiger partial charge in [-0.3, -0.25) is 4.79 Å². The fourth-order valence-electron chi connectivity index (χ4n) is 4.83. The third-order valence-electron chi connectivity index (χ3n) is 6.56. The van der Waals surface area contributed by atoms with Crippen molar-refractivity contribution >= 4 is 11.7 Å². The van der Waals surface area contributed by atoms with Crippen LogP contribution in [0.25, 0.3) is 11.4 Å². The molecule has 2 aromatic rings. The lowest BCUT2D eigenvalue weighted by molar-refractivity contribution is -0.139. The maximum Gasteiger partial charge on any atom is 0.225 e. The van der Waals surface area contributed by atoms with Gasteiger partial charge in [-0.05, 0) is 26.7 Å². The fourth-order valence-corrected chi connectivity index (χ4v) is 4.83. The number of ether oxygens (including phenoxy) is 1. The number of hydrogen-bond acceptors (Lipinski definition) is 5. The molecule has 5 rings (SSSR count). The summed E-state index contributed by atoms with van der Waals surface area (Å²) in [6, 6.07) is 10.2. The van der Waals surface area contributed by atoms with E-state index in [1.165, 1.54) is 6.42 Å². The highest BCUT2D eigenvalue weighted by molar-refractivity contribution is 5.80. The van der Waals surface area contributed by atoms with Crippen LogP contribution in [0.15, 0.2) is 30.3 Å². The minimum Gasteiger partial charge on any atom is -0.372 e. The largest absolute Gasteiger partial charge is 0.372 e. The fraction of sp³-hybridized carbons (Fsp3) is 0.542. The van der Waals surface area contributed by atoms with E-state index in [1.807, 2.05) is 23.1 Å². The van der Waals surface area contributed by atoms with E-state index in [1.54, 1.807) is 0 Å². The Balaban J connectivity index is 1.53. The molecule has 1 amide bonds. The second-order valence-electron chi connectivity index (χ2n) is 8.96. The number of benzene rings is 1. The first-order chi connectivity index (χ1) is 14.6. The van der Waals surface area contributed by atoms with E-state index in [0.717, 1.165) is 67.4 Å². The predicted molar refractivity (Wildman–Crippen MR) is 116 cm³/mol. The summed E-state index contributed by atoms with van der Waals surface area (Å²) in [4.78, 5) is 27.3. The van der Waals surface area contributed by atoms with Gasteiger partial charge in [0.25, 0.3) is 0 Å². The van der Waals surface area contributed by atoms with Crippen LogP contribution >= 0.6 is 0 Å². The molecule has 0 unspecified atom stereocenters. The van der Waals surface area contributed by atoms with Crippen molar-refractivity contribution in [2.45, 2.75) is 58.3 Å². The summed E-state index contributed by atoms with van der Waals surface area (Å²) < 4.78 is 5.96. The summed E-state index contributed by atoms with van der Waals surface area (Å²) in [5.41, 5.74) is 3.24. The summed E-state index contributed by atoms with van der Waals surface area (Å²) in [6.07, 6.45) is 4.35. The quantitative estimate of drug-likeness (QED) is 0.782. The zero-order valence-electron chi connectivity index (χ0n) is 17.9. The van der Waals surface area contributed by atoms with Crippen LogP contribution in [-0.4, -0.2) is 52.6 Å². The number of morpholine rings is 1. The van der Waals surface area contributed by atoms with E-state index < -0.39 is 0 Å². The van der Waals surface area contributed by atoms with Gasteiger partial charge in [0.1, 0.15) is 5.82 Å². The number of carbonyl (C=O) groups is 1. The van der Waals surface area contributed by atoms with Gasteiger partial charge in [0.15, 0.2) is 5.82 Å². The highest BCUT2D eigenvalue weighted by Crippen LogP contribution is 2.34. The first-order valence-corrected chi connectivity index (χ1v) is 11.2. The van der Waals surface area contributed by atoms with Crippen molar-refractivity contribution < 1.29 is 9.53 Å². The number of carbonyl (C=O) groups excluding carboxylic acids is 1. The second kappa shape index (κ2) is 7.99. The van der Waals surface area contributed by atoms with Crippen LogP contribution in [0.1, 0.15) is 44.4 Å². The zero-order valence-corrected chi connectivity index (χ0v) is 17.9. The van der Waals surface area contributed by atoms with E-state index in [4.69, 9.17) is 14.7 Å². The molecule has 2 aliphatic heterocycles. The van der Waals surface area contributed by atoms with Crippen LogP contribution in [0.3, 0.4) is 0 Å². The third kappa shape index (κ3) is 3.69. The summed E-state index contributed by atoms with van der Waals surface area (Å²) in [6.45, 7) is 7.21. The van der Waals surface area contributed by atoms with Crippen molar-refractivity contribution in [1.82, 2.24) is 14.9 Å². The highest BCUT2D eigenvalue weighted by atomic mass is 16.5. The Morgan fingerprint density at radius 1 is 1.07 bits per heavy atom.